The van der Waals surface area contributed by atoms with Crippen molar-refractivity contribution < 1.29 is 9.53 Å². The van der Waals surface area contributed by atoms with Crippen molar-refractivity contribution in [1.29, 1.82) is 0 Å². The molecular formula is C14H21NO2. The van der Waals surface area contributed by atoms with E-state index in [4.69, 9.17) is 4.74 Å². The van der Waals surface area contributed by atoms with Gasteiger partial charge in [0.05, 0.1) is 0 Å². The molecule has 0 aromatic carbocycles. The lowest BCUT2D eigenvalue weighted by Gasteiger charge is -2.15. The van der Waals surface area contributed by atoms with Crippen LogP contribution in [0.25, 0.3) is 0 Å². The van der Waals surface area contributed by atoms with E-state index in [1.54, 1.807) is 31.0 Å². The Bertz CT molecular complexity index is 364. The molecule has 0 aromatic rings. The molecule has 3 nitrogen and oxygen atoms in total. The molecule has 0 radical (unpaired) electrons. The number of allylic oxidation sites excluding steroid dienone is 3. The van der Waals surface area contributed by atoms with E-state index in [1.807, 2.05) is 19.9 Å². The molecule has 0 heterocycles. The van der Waals surface area contributed by atoms with E-state index < -0.39 is 0 Å². The van der Waals surface area contributed by atoms with E-state index >= 15 is 0 Å². The van der Waals surface area contributed by atoms with Gasteiger partial charge in [-0.25, -0.2) is 0 Å². The van der Waals surface area contributed by atoms with Crippen molar-refractivity contribution in [2.24, 2.45) is 0 Å². The number of ether oxygens (including phenoxy) is 1. The molecule has 1 amide bonds. The number of carbonyl (C=O) groups is 1. The van der Waals surface area contributed by atoms with Crippen LogP contribution in [0.1, 0.15) is 20.8 Å². The average molecular weight is 235 g/mol. The largest absolute Gasteiger partial charge is 0.459 e. The molecule has 0 spiro atoms. The second-order valence-corrected chi connectivity index (χ2v) is 3.68. The van der Waals surface area contributed by atoms with Crippen molar-refractivity contribution in [2.45, 2.75) is 20.8 Å². The van der Waals surface area contributed by atoms with Gasteiger partial charge in [-0.1, -0.05) is 19.2 Å². The fraction of sp³-hybridized carbons (Fsp3) is 0.357. The highest BCUT2D eigenvalue weighted by Crippen LogP contribution is 2.09. The van der Waals surface area contributed by atoms with Crippen LogP contribution in [0.4, 0.5) is 0 Å². The zero-order valence-corrected chi connectivity index (χ0v) is 11.1. The molecule has 0 atom stereocenters. The van der Waals surface area contributed by atoms with Crippen LogP contribution in [0.15, 0.2) is 48.5 Å². The number of carbonyl (C=O) groups excluding carboxylic acids is 1. The van der Waals surface area contributed by atoms with Crippen molar-refractivity contribution in [1.82, 2.24) is 4.90 Å². The van der Waals surface area contributed by atoms with Crippen LogP contribution in [0.5, 0.6) is 0 Å². The van der Waals surface area contributed by atoms with Gasteiger partial charge in [-0.2, -0.15) is 0 Å². The summed E-state index contributed by atoms with van der Waals surface area (Å²) < 4.78 is 5.30. The van der Waals surface area contributed by atoms with Gasteiger partial charge in [0.15, 0.2) is 0 Å². The second-order valence-electron chi connectivity index (χ2n) is 3.68. The van der Waals surface area contributed by atoms with Gasteiger partial charge < -0.3 is 9.64 Å². The van der Waals surface area contributed by atoms with Gasteiger partial charge in [0.2, 0.25) is 5.91 Å². The summed E-state index contributed by atoms with van der Waals surface area (Å²) in [5.74, 6) is 0.871. The van der Waals surface area contributed by atoms with Crippen molar-refractivity contribution in [3.05, 3.63) is 48.5 Å². The SMILES string of the molecule is C=C(/C=C\C)OC(=C)/C=C(\C)C(=O)N(C)CC. The molecule has 0 bridgehead atoms. The first-order valence-corrected chi connectivity index (χ1v) is 5.54. The fourth-order valence-corrected chi connectivity index (χ4v) is 1.17. The average Bonchev–Trinajstić information content (AvgIpc) is 2.26. The lowest BCUT2D eigenvalue weighted by atomic mass is 10.2. The number of amides is 1. The Morgan fingerprint density at radius 3 is 2.41 bits per heavy atom. The van der Waals surface area contributed by atoms with Crippen LogP contribution >= 0.6 is 0 Å². The number of nitrogens with zero attached hydrogens (tertiary/aromatic N) is 1. The van der Waals surface area contributed by atoms with E-state index in [0.29, 0.717) is 23.6 Å². The third-order valence-electron chi connectivity index (χ3n) is 2.15. The van der Waals surface area contributed by atoms with Gasteiger partial charge >= 0.3 is 0 Å². The van der Waals surface area contributed by atoms with Crippen LogP contribution in [0.2, 0.25) is 0 Å². The van der Waals surface area contributed by atoms with Crippen molar-refractivity contribution in [3.63, 3.8) is 0 Å². The van der Waals surface area contributed by atoms with Gasteiger partial charge in [-0.3, -0.25) is 4.79 Å². The number of hydrogen-bond donors (Lipinski definition) is 0. The van der Waals surface area contributed by atoms with E-state index in [2.05, 4.69) is 13.2 Å². The monoisotopic (exact) mass is 235 g/mol. The minimum atomic E-state index is -0.0334. The molecule has 3 heteroatoms. The summed E-state index contributed by atoms with van der Waals surface area (Å²) in [6.07, 6.45) is 5.17. The summed E-state index contributed by atoms with van der Waals surface area (Å²) in [5.41, 5.74) is 0.590. The Balaban J connectivity index is 4.53. The highest BCUT2D eigenvalue weighted by Gasteiger charge is 2.09. The molecule has 0 N–H and O–H groups in total. The third kappa shape index (κ3) is 5.76. The highest BCUT2D eigenvalue weighted by atomic mass is 16.5. The number of rotatable bonds is 6. The lowest BCUT2D eigenvalue weighted by molar-refractivity contribution is -0.125. The van der Waals surface area contributed by atoms with Gasteiger partial charge in [0.25, 0.3) is 0 Å². The first-order chi connectivity index (χ1) is 7.92. The summed E-state index contributed by atoms with van der Waals surface area (Å²) in [6, 6.07) is 0. The second kappa shape index (κ2) is 7.49. The molecular weight excluding hydrogens is 214 g/mol. The Hall–Kier alpha value is -1.77. The maximum Gasteiger partial charge on any atom is 0.249 e. The van der Waals surface area contributed by atoms with E-state index in [1.165, 1.54) is 0 Å². The van der Waals surface area contributed by atoms with Gasteiger partial charge in [-0.15, -0.1) is 0 Å². The minimum absolute atomic E-state index is 0.0334. The number of likely N-dealkylation sites (N-methyl/N-ethyl adjacent to an activating group) is 1. The summed E-state index contributed by atoms with van der Waals surface area (Å²) in [6.45, 7) is 13.6. The summed E-state index contributed by atoms with van der Waals surface area (Å²) in [4.78, 5) is 13.4. The lowest BCUT2D eigenvalue weighted by Crippen LogP contribution is -2.26. The molecule has 0 aromatic heterocycles. The van der Waals surface area contributed by atoms with Crippen LogP contribution in [-0.2, 0) is 9.53 Å². The van der Waals surface area contributed by atoms with Gasteiger partial charge in [0.1, 0.15) is 11.5 Å². The Labute approximate surface area is 104 Å². The van der Waals surface area contributed by atoms with Gasteiger partial charge in [-0.05, 0) is 32.9 Å². The Kier molecular flexibility index (Phi) is 6.71. The molecule has 94 valence electrons. The predicted octanol–water partition coefficient (Wildman–Crippen LogP) is 3.03. The van der Waals surface area contributed by atoms with Crippen LogP contribution in [-0.4, -0.2) is 24.4 Å². The van der Waals surface area contributed by atoms with Crippen molar-refractivity contribution in [3.8, 4) is 0 Å². The van der Waals surface area contributed by atoms with Crippen molar-refractivity contribution >= 4 is 5.91 Å². The molecule has 0 aliphatic carbocycles. The third-order valence-corrected chi connectivity index (χ3v) is 2.15. The van der Waals surface area contributed by atoms with E-state index in [9.17, 15) is 4.79 Å². The zero-order chi connectivity index (χ0) is 13.4. The molecule has 17 heavy (non-hydrogen) atoms. The number of hydrogen-bond acceptors (Lipinski definition) is 2. The molecule has 0 saturated heterocycles. The molecule has 0 aliphatic rings. The molecule has 0 aliphatic heterocycles. The minimum Gasteiger partial charge on any atom is -0.459 e. The molecule has 0 fully saturated rings. The maximum absolute atomic E-state index is 11.7. The first kappa shape index (κ1) is 15.2. The first-order valence-electron chi connectivity index (χ1n) is 5.54. The normalized spacial score (nSPS) is 11.4. The summed E-state index contributed by atoms with van der Waals surface area (Å²) in [7, 11) is 1.75. The smallest absolute Gasteiger partial charge is 0.249 e. The molecule has 0 unspecified atom stereocenters. The van der Waals surface area contributed by atoms with Gasteiger partial charge in [0, 0.05) is 19.2 Å². The quantitative estimate of drug-likeness (QED) is 0.402. The van der Waals surface area contributed by atoms with Crippen LogP contribution in [0, 0.1) is 0 Å². The standard InChI is InChI=1S/C14H21NO2/c1-7-9-12(4)17-13(5)10-11(3)14(16)15(6)8-2/h7,9-10H,4-5,8H2,1-3,6H3/b9-7-,11-10+. The molecule has 0 saturated carbocycles. The molecule has 0 rings (SSSR count). The summed E-state index contributed by atoms with van der Waals surface area (Å²) >= 11 is 0. The topological polar surface area (TPSA) is 29.5 Å². The van der Waals surface area contributed by atoms with Crippen molar-refractivity contribution in [2.75, 3.05) is 13.6 Å². The Morgan fingerprint density at radius 2 is 1.94 bits per heavy atom. The van der Waals surface area contributed by atoms with Crippen LogP contribution < -0.4 is 0 Å². The Morgan fingerprint density at radius 1 is 1.35 bits per heavy atom. The van der Waals surface area contributed by atoms with Crippen LogP contribution in [0.3, 0.4) is 0 Å². The van der Waals surface area contributed by atoms with E-state index in [-0.39, 0.29) is 5.91 Å². The maximum atomic E-state index is 11.7. The van der Waals surface area contributed by atoms with E-state index in [0.717, 1.165) is 0 Å². The fourth-order valence-electron chi connectivity index (χ4n) is 1.17. The zero-order valence-electron chi connectivity index (χ0n) is 11.1. The summed E-state index contributed by atoms with van der Waals surface area (Å²) in [5, 5.41) is 0. The predicted molar refractivity (Wildman–Crippen MR) is 71.2 cm³/mol. The highest BCUT2D eigenvalue weighted by molar-refractivity contribution is 5.93.